The molecule has 0 spiro atoms. The molecule has 19 nitrogen and oxygen atoms in total. The van der Waals surface area contributed by atoms with Crippen molar-refractivity contribution in [3.05, 3.63) is 101 Å². The maximum atomic E-state index is 14.5. The Labute approximate surface area is 365 Å². The number of hydrogen-bond donors (Lipinski definition) is 8. The van der Waals surface area contributed by atoms with E-state index in [0.29, 0.717) is 39.5 Å². The number of nitrogens with zero attached hydrogens (tertiary/aromatic N) is 4. The predicted octanol–water partition coefficient (Wildman–Crippen LogP) is 0.994. The molecule has 0 unspecified atom stereocenters. The fourth-order valence-corrected chi connectivity index (χ4v) is 6.53. The average molecular weight is 866 g/mol. The van der Waals surface area contributed by atoms with Crippen LogP contribution in [0.1, 0.15) is 59.9 Å². The number of aryl methyl sites for hydroxylation is 1. The molecule has 1 aliphatic heterocycles. The van der Waals surface area contributed by atoms with Gasteiger partial charge in [0.15, 0.2) is 5.82 Å². The highest BCUT2D eigenvalue weighted by molar-refractivity contribution is 6.00. The average Bonchev–Trinajstić information content (AvgIpc) is 3.26. The highest BCUT2D eigenvalue weighted by Gasteiger charge is 2.36. The van der Waals surface area contributed by atoms with Crippen molar-refractivity contribution in [2.24, 2.45) is 17.2 Å². The molecule has 1 aliphatic rings. The Kier molecular flexibility index (Phi) is 17.9. The summed E-state index contributed by atoms with van der Waals surface area (Å²) in [4.78, 5) is 79.6. The van der Waals surface area contributed by atoms with Crippen LogP contribution in [0.4, 0.5) is 0 Å². The number of hydrogen-bond acceptors (Lipinski definition) is 14. The van der Waals surface area contributed by atoms with Crippen molar-refractivity contribution in [2.45, 2.75) is 57.8 Å². The van der Waals surface area contributed by atoms with E-state index in [9.17, 15) is 29.1 Å². The van der Waals surface area contributed by atoms with E-state index in [1.165, 1.54) is 32.3 Å². The predicted molar refractivity (Wildman–Crippen MR) is 234 cm³/mol. The molecule has 0 fully saturated rings. The lowest BCUT2D eigenvalue weighted by Gasteiger charge is -2.32. The summed E-state index contributed by atoms with van der Waals surface area (Å²) in [6.45, 7) is 9.27. The second-order valence-corrected chi connectivity index (χ2v) is 14.6. The number of nitrogens with two attached hydrogens (primary N) is 3. The van der Waals surface area contributed by atoms with E-state index < -0.39 is 53.7 Å². The number of amides is 5. The SMILES string of the molecule is C=C1/C(OCCN)=C\C=C(/C)C[C@@H](C(=O)NCC#N)NC(=O)[C@H](C)NC(=O)[C@@H](N(C)C(=O)[C@H](CCN)NC(=O)c2cnc(-c3ccc(O)cc3)nc2C)c2ccc(OCCN)c1c2. The summed E-state index contributed by atoms with van der Waals surface area (Å²) in [7, 11) is 1.37. The molecular formula is C44H55N11O8. The molecule has 11 N–H and O–H groups in total. The number of ether oxygens (including phenoxy) is 2. The van der Waals surface area contributed by atoms with Crippen molar-refractivity contribution >= 4 is 35.1 Å². The number of nitrogens with one attached hydrogen (secondary N) is 4. The molecule has 334 valence electrons. The molecule has 2 bridgehead atoms. The third-order valence-corrected chi connectivity index (χ3v) is 9.86. The number of allylic oxidation sites excluding steroid dienone is 3. The number of carbonyl (C=O) groups excluding carboxylic acids is 5. The van der Waals surface area contributed by atoms with Crippen LogP contribution in [0, 0.1) is 18.3 Å². The van der Waals surface area contributed by atoms with Crippen LogP contribution in [0.3, 0.4) is 0 Å². The Hall–Kier alpha value is -7.14. The summed E-state index contributed by atoms with van der Waals surface area (Å²) in [6, 6.07) is 7.76. The molecule has 2 heterocycles. The zero-order chi connectivity index (χ0) is 46.2. The molecule has 63 heavy (non-hydrogen) atoms. The van der Waals surface area contributed by atoms with E-state index in [1.54, 1.807) is 56.3 Å². The van der Waals surface area contributed by atoms with Gasteiger partial charge in [-0.2, -0.15) is 5.26 Å². The van der Waals surface area contributed by atoms with Crippen molar-refractivity contribution in [3.63, 3.8) is 0 Å². The van der Waals surface area contributed by atoms with Gasteiger partial charge in [0.25, 0.3) is 5.91 Å². The summed E-state index contributed by atoms with van der Waals surface area (Å²) in [5, 5.41) is 29.3. The molecule has 0 radical (unpaired) electrons. The fraction of sp³-hybridized carbons (Fsp3) is 0.364. The van der Waals surface area contributed by atoms with Gasteiger partial charge in [0.1, 0.15) is 61.2 Å². The smallest absolute Gasteiger partial charge is 0.255 e. The number of rotatable bonds is 15. The topological polar surface area (TPSA) is 303 Å². The van der Waals surface area contributed by atoms with Crippen LogP contribution in [0.25, 0.3) is 17.0 Å². The number of aromatic hydroxyl groups is 1. The molecule has 1 aromatic heterocycles. The Balaban J connectivity index is 1.81. The third kappa shape index (κ3) is 12.9. The minimum Gasteiger partial charge on any atom is -0.508 e. The molecule has 4 atom stereocenters. The van der Waals surface area contributed by atoms with E-state index in [-0.39, 0.29) is 74.9 Å². The van der Waals surface area contributed by atoms with Gasteiger partial charge in [-0.15, -0.1) is 0 Å². The number of phenolic OH excluding ortho intramolecular Hbond substituents is 1. The normalized spacial score (nSPS) is 19.1. The van der Waals surface area contributed by atoms with E-state index in [0.717, 1.165) is 4.90 Å². The first-order valence-corrected chi connectivity index (χ1v) is 20.2. The van der Waals surface area contributed by atoms with Crippen LogP contribution >= 0.6 is 0 Å². The van der Waals surface area contributed by atoms with Gasteiger partial charge in [0.05, 0.1) is 17.3 Å². The van der Waals surface area contributed by atoms with Crippen molar-refractivity contribution in [2.75, 3.05) is 46.4 Å². The van der Waals surface area contributed by atoms with E-state index in [2.05, 4.69) is 37.8 Å². The van der Waals surface area contributed by atoms with Crippen LogP contribution in [-0.4, -0.2) is 114 Å². The summed E-state index contributed by atoms with van der Waals surface area (Å²) >= 11 is 0. The highest BCUT2D eigenvalue weighted by atomic mass is 16.5. The molecule has 4 rings (SSSR count). The number of aromatic nitrogens is 2. The van der Waals surface area contributed by atoms with Gasteiger partial charge < -0.3 is 57.9 Å². The lowest BCUT2D eigenvalue weighted by molar-refractivity contribution is -0.141. The molecule has 19 heteroatoms. The molecule has 0 saturated carbocycles. The lowest BCUT2D eigenvalue weighted by Crippen LogP contribution is -2.55. The van der Waals surface area contributed by atoms with Crippen molar-refractivity contribution < 1.29 is 38.6 Å². The molecule has 3 aromatic rings. The Morgan fingerprint density at radius 1 is 1.02 bits per heavy atom. The zero-order valence-electron chi connectivity index (χ0n) is 35.8. The first-order chi connectivity index (χ1) is 30.1. The monoisotopic (exact) mass is 865 g/mol. The highest BCUT2D eigenvalue weighted by Crippen LogP contribution is 2.35. The standard InChI is InChI=1S/C44H55N11O8/c1-25-6-12-36(62-20-17-47)26(2)32-23-30(9-13-37(32)63-21-18-48)38(43(60)52-28(4)40(57)54-35(22-25)42(59)49-19-16-46)55(5)44(61)34(14-15-45)53-41(58)33-24-50-39(51-27(33)3)29-7-10-31(56)11-8-29/h6-13,23-24,28,34-35,38,56H,2,14-15,17-22,45,47-48H2,1,3-5H3,(H,49,59)(H,52,60)(H,53,58)(H,54,57)/b25-6+,36-12+/t28-,34-,35-,38-/m0/s1. The van der Waals surface area contributed by atoms with E-state index in [4.69, 9.17) is 31.9 Å². The van der Waals surface area contributed by atoms with Gasteiger partial charge in [-0.1, -0.05) is 24.3 Å². The van der Waals surface area contributed by atoms with Gasteiger partial charge in [0, 0.05) is 43.0 Å². The Morgan fingerprint density at radius 3 is 2.37 bits per heavy atom. The van der Waals surface area contributed by atoms with E-state index >= 15 is 0 Å². The van der Waals surface area contributed by atoms with Crippen LogP contribution < -0.4 is 43.2 Å². The first-order valence-electron chi connectivity index (χ1n) is 20.2. The quantitative estimate of drug-likeness (QED) is 0.0989. The molecule has 0 saturated heterocycles. The number of fused-ring (bicyclic) bond motifs is 2. The first kappa shape index (κ1) is 48.5. The Bertz CT molecular complexity index is 2270. The van der Waals surface area contributed by atoms with Gasteiger partial charge in [-0.3, -0.25) is 24.0 Å². The molecular weight excluding hydrogens is 811 g/mol. The van der Waals surface area contributed by atoms with Crippen LogP contribution in [-0.2, 0) is 23.9 Å². The lowest BCUT2D eigenvalue weighted by atomic mass is 9.95. The maximum Gasteiger partial charge on any atom is 0.255 e. The zero-order valence-corrected chi connectivity index (χ0v) is 35.8. The van der Waals surface area contributed by atoms with E-state index in [1.807, 2.05) is 6.07 Å². The van der Waals surface area contributed by atoms with Crippen molar-refractivity contribution in [1.82, 2.24) is 36.1 Å². The summed E-state index contributed by atoms with van der Waals surface area (Å²) in [5.74, 6) is -2.56. The Morgan fingerprint density at radius 2 is 1.71 bits per heavy atom. The fourth-order valence-electron chi connectivity index (χ4n) is 6.53. The number of carbonyl (C=O) groups is 5. The second kappa shape index (κ2) is 23.2. The molecule has 2 aromatic carbocycles. The maximum absolute atomic E-state index is 14.5. The van der Waals surface area contributed by atoms with Gasteiger partial charge in [-0.05, 0) is 88.2 Å². The minimum atomic E-state index is -1.45. The third-order valence-electron chi connectivity index (χ3n) is 9.86. The number of nitriles is 1. The summed E-state index contributed by atoms with van der Waals surface area (Å²) < 4.78 is 12.0. The van der Waals surface area contributed by atoms with Gasteiger partial charge >= 0.3 is 0 Å². The summed E-state index contributed by atoms with van der Waals surface area (Å²) in [5.41, 5.74) is 20.1. The van der Waals surface area contributed by atoms with Crippen molar-refractivity contribution in [1.29, 1.82) is 5.26 Å². The van der Waals surface area contributed by atoms with Crippen LogP contribution in [0.15, 0.2) is 78.7 Å². The molecule has 0 aliphatic carbocycles. The number of benzene rings is 2. The van der Waals surface area contributed by atoms with Gasteiger partial charge in [-0.25, -0.2) is 9.97 Å². The second-order valence-electron chi connectivity index (χ2n) is 14.6. The summed E-state index contributed by atoms with van der Waals surface area (Å²) in [6.07, 6.45) is 4.62. The number of phenols is 1. The van der Waals surface area contributed by atoms with Gasteiger partial charge in [0.2, 0.25) is 23.6 Å². The molecule has 5 amide bonds. The number of likely N-dealkylation sites (N-methyl/N-ethyl adjacent to an activating group) is 1. The van der Waals surface area contributed by atoms with Crippen molar-refractivity contribution in [3.8, 4) is 29.0 Å². The van der Waals surface area contributed by atoms with Crippen LogP contribution in [0.5, 0.6) is 11.5 Å². The van der Waals surface area contributed by atoms with Crippen LogP contribution in [0.2, 0.25) is 0 Å². The largest absolute Gasteiger partial charge is 0.508 e. The minimum absolute atomic E-state index is 0.0134.